The predicted octanol–water partition coefficient (Wildman–Crippen LogP) is 2.90. The summed E-state index contributed by atoms with van der Waals surface area (Å²) in [6.45, 7) is 2.75. The average Bonchev–Trinajstić information content (AvgIpc) is 2.72. The fourth-order valence-electron chi connectivity index (χ4n) is 3.49. The monoisotopic (exact) mass is 369 g/mol. The molecule has 27 heavy (non-hydrogen) atoms. The summed E-state index contributed by atoms with van der Waals surface area (Å²) >= 11 is 0. The Balaban J connectivity index is 1.73. The second-order valence-corrected chi connectivity index (χ2v) is 6.69. The molecule has 0 bridgehead atoms. The Labute approximate surface area is 160 Å². The number of nitrogens with one attached hydrogen (secondary N) is 1. The number of methoxy groups -OCH3 is 2. The van der Waals surface area contributed by atoms with E-state index in [-0.39, 0.29) is 12.1 Å². The summed E-state index contributed by atoms with van der Waals surface area (Å²) in [4.78, 5) is 17.1. The van der Waals surface area contributed by atoms with Crippen LogP contribution in [0, 0.1) is 0 Å². The van der Waals surface area contributed by atoms with Crippen LogP contribution in [0.2, 0.25) is 0 Å². The molecule has 1 aliphatic rings. The minimum absolute atomic E-state index is 0.0390. The van der Waals surface area contributed by atoms with E-state index in [1.807, 2.05) is 41.3 Å². The van der Waals surface area contributed by atoms with Crippen LogP contribution in [0.25, 0.3) is 0 Å². The molecule has 144 valence electrons. The van der Waals surface area contributed by atoms with Gasteiger partial charge in [-0.25, -0.2) is 4.79 Å². The molecule has 1 unspecified atom stereocenters. The Morgan fingerprint density at radius 3 is 2.56 bits per heavy atom. The van der Waals surface area contributed by atoms with Gasteiger partial charge in [0.25, 0.3) is 0 Å². The van der Waals surface area contributed by atoms with E-state index >= 15 is 0 Å². The van der Waals surface area contributed by atoms with Crippen molar-refractivity contribution in [2.45, 2.75) is 12.6 Å². The van der Waals surface area contributed by atoms with Crippen molar-refractivity contribution < 1.29 is 14.3 Å². The first-order valence-electron chi connectivity index (χ1n) is 9.12. The molecular formula is C21H27N3O3. The third-order valence-corrected chi connectivity index (χ3v) is 4.94. The molecule has 1 saturated heterocycles. The van der Waals surface area contributed by atoms with Gasteiger partial charge in [0.15, 0.2) is 11.5 Å². The molecule has 1 heterocycles. The highest BCUT2D eigenvalue weighted by molar-refractivity contribution is 5.75. The number of carbonyl (C=O) groups is 1. The minimum Gasteiger partial charge on any atom is -0.493 e. The molecular weight excluding hydrogens is 342 g/mol. The van der Waals surface area contributed by atoms with E-state index in [0.29, 0.717) is 24.6 Å². The Kier molecular flexibility index (Phi) is 6.19. The number of hydrogen-bond donors (Lipinski definition) is 1. The second kappa shape index (κ2) is 8.77. The molecule has 0 aliphatic carbocycles. The molecule has 3 rings (SSSR count). The summed E-state index contributed by atoms with van der Waals surface area (Å²) in [6, 6.07) is 15.8. The van der Waals surface area contributed by atoms with Crippen molar-refractivity contribution >= 4 is 6.03 Å². The summed E-state index contributed by atoms with van der Waals surface area (Å²) in [5.41, 5.74) is 2.04. The Morgan fingerprint density at radius 1 is 1.07 bits per heavy atom. The quantitative estimate of drug-likeness (QED) is 0.881. The molecule has 0 aromatic heterocycles. The van der Waals surface area contributed by atoms with E-state index in [2.05, 4.69) is 29.4 Å². The van der Waals surface area contributed by atoms with Crippen LogP contribution in [-0.2, 0) is 6.54 Å². The van der Waals surface area contributed by atoms with Gasteiger partial charge in [-0.2, -0.15) is 0 Å². The molecule has 2 aromatic rings. The molecule has 0 saturated carbocycles. The van der Waals surface area contributed by atoms with Gasteiger partial charge in [0.1, 0.15) is 0 Å². The second-order valence-electron chi connectivity index (χ2n) is 6.69. The molecule has 0 spiro atoms. The first kappa shape index (κ1) is 19.0. The van der Waals surface area contributed by atoms with Gasteiger partial charge in [-0.3, -0.25) is 0 Å². The van der Waals surface area contributed by atoms with Gasteiger partial charge in [-0.05, 0) is 18.7 Å². The molecule has 2 aromatic carbocycles. The van der Waals surface area contributed by atoms with Crippen molar-refractivity contribution in [1.82, 2.24) is 15.1 Å². The van der Waals surface area contributed by atoms with Crippen LogP contribution in [0.5, 0.6) is 11.5 Å². The SMILES string of the molecule is COc1cccc(CNC(=O)N2CCN(C)CC2c2ccccc2)c1OC. The number of rotatable bonds is 5. The fraction of sp³-hybridized carbons (Fsp3) is 0.381. The zero-order valence-electron chi connectivity index (χ0n) is 16.1. The van der Waals surface area contributed by atoms with E-state index in [1.165, 1.54) is 0 Å². The smallest absolute Gasteiger partial charge is 0.318 e. The van der Waals surface area contributed by atoms with Crippen molar-refractivity contribution in [3.8, 4) is 11.5 Å². The van der Waals surface area contributed by atoms with E-state index in [0.717, 1.165) is 24.2 Å². The molecule has 6 nitrogen and oxygen atoms in total. The zero-order chi connectivity index (χ0) is 19.2. The molecule has 2 amide bonds. The lowest BCUT2D eigenvalue weighted by molar-refractivity contribution is 0.108. The van der Waals surface area contributed by atoms with Gasteiger partial charge >= 0.3 is 6.03 Å². The topological polar surface area (TPSA) is 54.0 Å². The third-order valence-electron chi connectivity index (χ3n) is 4.94. The van der Waals surface area contributed by atoms with E-state index < -0.39 is 0 Å². The largest absolute Gasteiger partial charge is 0.493 e. The number of piperazine rings is 1. The Hall–Kier alpha value is -2.73. The van der Waals surface area contributed by atoms with Gasteiger partial charge in [0.05, 0.1) is 20.3 Å². The lowest BCUT2D eigenvalue weighted by atomic mass is 10.0. The van der Waals surface area contributed by atoms with Crippen LogP contribution < -0.4 is 14.8 Å². The number of urea groups is 1. The third kappa shape index (κ3) is 4.34. The maximum atomic E-state index is 12.9. The number of amides is 2. The number of nitrogens with zero attached hydrogens (tertiary/aromatic N) is 2. The van der Waals surface area contributed by atoms with Crippen LogP contribution >= 0.6 is 0 Å². The van der Waals surface area contributed by atoms with Gasteiger partial charge < -0.3 is 24.6 Å². The van der Waals surface area contributed by atoms with Gasteiger partial charge in [0.2, 0.25) is 0 Å². The Morgan fingerprint density at radius 2 is 1.85 bits per heavy atom. The number of benzene rings is 2. The number of hydrogen-bond acceptors (Lipinski definition) is 4. The zero-order valence-corrected chi connectivity index (χ0v) is 16.1. The lowest BCUT2D eigenvalue weighted by Crippen LogP contribution is -2.52. The normalized spacial score (nSPS) is 17.4. The Bertz CT molecular complexity index is 767. The number of carbonyl (C=O) groups excluding carboxylic acids is 1. The molecule has 0 radical (unpaired) electrons. The molecule has 6 heteroatoms. The van der Waals surface area contributed by atoms with Crippen molar-refractivity contribution in [1.29, 1.82) is 0 Å². The summed E-state index contributed by atoms with van der Waals surface area (Å²) < 4.78 is 10.8. The standard InChI is InChI=1S/C21H27N3O3/c1-23-12-13-24(18(15-23)16-8-5-4-6-9-16)21(25)22-14-17-10-7-11-19(26-2)20(17)27-3/h4-11,18H,12-15H2,1-3H3,(H,22,25). The first-order valence-corrected chi connectivity index (χ1v) is 9.12. The first-order chi connectivity index (χ1) is 13.1. The van der Waals surface area contributed by atoms with Crippen LogP contribution in [0.15, 0.2) is 48.5 Å². The maximum Gasteiger partial charge on any atom is 0.318 e. The highest BCUT2D eigenvalue weighted by Crippen LogP contribution is 2.31. The van der Waals surface area contributed by atoms with Crippen molar-refractivity contribution in [2.75, 3.05) is 40.9 Å². The van der Waals surface area contributed by atoms with Crippen LogP contribution in [0.1, 0.15) is 17.2 Å². The highest BCUT2D eigenvalue weighted by atomic mass is 16.5. The number of likely N-dealkylation sites (N-methyl/N-ethyl adjacent to an activating group) is 1. The summed E-state index contributed by atoms with van der Waals surface area (Å²) in [6.07, 6.45) is 0. The van der Waals surface area contributed by atoms with Gasteiger partial charge in [0, 0.05) is 31.7 Å². The molecule has 1 aliphatic heterocycles. The van der Waals surface area contributed by atoms with Crippen LogP contribution in [0.4, 0.5) is 4.79 Å². The fourth-order valence-corrected chi connectivity index (χ4v) is 3.49. The summed E-state index contributed by atoms with van der Waals surface area (Å²) in [7, 11) is 5.30. The lowest BCUT2D eigenvalue weighted by Gasteiger charge is -2.40. The molecule has 1 atom stereocenters. The summed E-state index contributed by atoms with van der Waals surface area (Å²) in [5, 5.41) is 3.04. The van der Waals surface area contributed by atoms with Crippen LogP contribution in [0.3, 0.4) is 0 Å². The minimum atomic E-state index is -0.0678. The predicted molar refractivity (Wildman–Crippen MR) is 105 cm³/mol. The highest BCUT2D eigenvalue weighted by Gasteiger charge is 2.30. The number of ether oxygens (including phenoxy) is 2. The average molecular weight is 369 g/mol. The summed E-state index contributed by atoms with van der Waals surface area (Å²) in [5.74, 6) is 1.31. The van der Waals surface area contributed by atoms with Crippen molar-refractivity contribution in [3.05, 3.63) is 59.7 Å². The van der Waals surface area contributed by atoms with Gasteiger partial charge in [-0.1, -0.05) is 42.5 Å². The van der Waals surface area contributed by atoms with Crippen LogP contribution in [-0.4, -0.2) is 56.7 Å². The van der Waals surface area contributed by atoms with E-state index in [4.69, 9.17) is 9.47 Å². The molecule has 1 fully saturated rings. The van der Waals surface area contributed by atoms with E-state index in [1.54, 1.807) is 14.2 Å². The van der Waals surface area contributed by atoms with Gasteiger partial charge in [-0.15, -0.1) is 0 Å². The van der Waals surface area contributed by atoms with Crippen molar-refractivity contribution in [3.63, 3.8) is 0 Å². The number of para-hydroxylation sites is 1. The van der Waals surface area contributed by atoms with Crippen molar-refractivity contribution in [2.24, 2.45) is 0 Å². The maximum absolute atomic E-state index is 12.9. The van der Waals surface area contributed by atoms with E-state index in [9.17, 15) is 4.79 Å². The molecule has 1 N–H and O–H groups in total.